The Morgan fingerprint density at radius 1 is 1.27 bits per heavy atom. The SMILES string of the molecule is CN(CCC(=O)O)C(=O)CNC(=O)COc1ccc(Cl)cc1. The van der Waals surface area contributed by atoms with Crippen LogP contribution in [0, 0.1) is 0 Å². The Hall–Kier alpha value is -2.28. The molecule has 0 unspecified atom stereocenters. The van der Waals surface area contributed by atoms with E-state index in [1.807, 2.05) is 0 Å². The molecule has 0 saturated heterocycles. The largest absolute Gasteiger partial charge is 0.484 e. The molecule has 0 aliphatic carbocycles. The number of halogens is 1. The number of aliphatic carboxylic acids is 1. The van der Waals surface area contributed by atoms with E-state index in [1.54, 1.807) is 24.3 Å². The molecule has 1 rings (SSSR count). The number of hydrogen-bond donors (Lipinski definition) is 2. The average molecular weight is 329 g/mol. The van der Waals surface area contributed by atoms with Gasteiger partial charge in [-0.2, -0.15) is 0 Å². The third-order valence-electron chi connectivity index (χ3n) is 2.71. The molecule has 7 nitrogen and oxygen atoms in total. The second kappa shape index (κ2) is 8.89. The summed E-state index contributed by atoms with van der Waals surface area (Å²) in [5.74, 6) is -1.32. The molecule has 120 valence electrons. The van der Waals surface area contributed by atoms with Crippen LogP contribution in [0.1, 0.15) is 6.42 Å². The number of amides is 2. The first-order valence-corrected chi connectivity index (χ1v) is 6.87. The van der Waals surface area contributed by atoms with Crippen LogP contribution >= 0.6 is 11.6 Å². The van der Waals surface area contributed by atoms with Crippen molar-refractivity contribution in [2.24, 2.45) is 0 Å². The number of nitrogens with one attached hydrogen (secondary N) is 1. The van der Waals surface area contributed by atoms with Crippen LogP contribution in [0.25, 0.3) is 0 Å². The Morgan fingerprint density at radius 2 is 1.91 bits per heavy atom. The van der Waals surface area contributed by atoms with Crippen LogP contribution in [0.3, 0.4) is 0 Å². The summed E-state index contributed by atoms with van der Waals surface area (Å²) >= 11 is 5.72. The molecule has 0 heterocycles. The van der Waals surface area contributed by atoms with Gasteiger partial charge in [-0.05, 0) is 24.3 Å². The highest BCUT2D eigenvalue weighted by Crippen LogP contribution is 2.15. The Labute approximate surface area is 132 Å². The van der Waals surface area contributed by atoms with Gasteiger partial charge in [-0.15, -0.1) is 0 Å². The number of likely N-dealkylation sites (N-methyl/N-ethyl adjacent to an activating group) is 1. The lowest BCUT2D eigenvalue weighted by Crippen LogP contribution is -2.40. The smallest absolute Gasteiger partial charge is 0.305 e. The fourth-order valence-corrected chi connectivity index (χ4v) is 1.55. The minimum Gasteiger partial charge on any atom is -0.484 e. The molecule has 0 aromatic heterocycles. The van der Waals surface area contributed by atoms with Crippen molar-refractivity contribution in [1.29, 1.82) is 0 Å². The predicted octanol–water partition coefficient (Wildman–Crippen LogP) is 0.768. The van der Waals surface area contributed by atoms with Crippen molar-refractivity contribution in [2.75, 3.05) is 26.7 Å². The highest BCUT2D eigenvalue weighted by atomic mass is 35.5. The van der Waals surface area contributed by atoms with Crippen molar-refractivity contribution in [3.05, 3.63) is 29.3 Å². The number of nitrogens with zero attached hydrogens (tertiary/aromatic N) is 1. The van der Waals surface area contributed by atoms with Crippen LogP contribution < -0.4 is 10.1 Å². The molecule has 0 aliphatic heterocycles. The molecular formula is C14H17ClN2O5. The second-order valence-corrected chi connectivity index (χ2v) is 4.91. The zero-order valence-electron chi connectivity index (χ0n) is 12.0. The molecule has 0 saturated carbocycles. The van der Waals surface area contributed by atoms with Gasteiger partial charge in [0.2, 0.25) is 5.91 Å². The fourth-order valence-electron chi connectivity index (χ4n) is 1.43. The molecule has 22 heavy (non-hydrogen) atoms. The first-order chi connectivity index (χ1) is 10.4. The standard InChI is InChI=1S/C14H17ClN2O5/c1-17(7-6-14(20)21)13(19)8-16-12(18)9-22-11-4-2-10(15)3-5-11/h2-5H,6-9H2,1H3,(H,16,18)(H,20,21). The van der Waals surface area contributed by atoms with Gasteiger partial charge < -0.3 is 20.1 Å². The highest BCUT2D eigenvalue weighted by Gasteiger charge is 2.12. The minimum absolute atomic E-state index is 0.0886. The maximum atomic E-state index is 11.6. The van der Waals surface area contributed by atoms with Crippen molar-refractivity contribution >= 4 is 29.4 Å². The zero-order valence-corrected chi connectivity index (χ0v) is 12.8. The Morgan fingerprint density at radius 3 is 2.50 bits per heavy atom. The van der Waals surface area contributed by atoms with Crippen LogP contribution in [-0.4, -0.2) is 54.5 Å². The van der Waals surface area contributed by atoms with Crippen LogP contribution in [-0.2, 0) is 14.4 Å². The number of carbonyl (C=O) groups is 3. The maximum Gasteiger partial charge on any atom is 0.305 e. The molecule has 2 amide bonds. The summed E-state index contributed by atoms with van der Waals surface area (Å²) in [7, 11) is 1.47. The molecule has 0 bridgehead atoms. The maximum absolute atomic E-state index is 11.6. The van der Waals surface area contributed by atoms with Crippen LogP contribution in [0.5, 0.6) is 5.75 Å². The number of hydrogen-bond acceptors (Lipinski definition) is 4. The van der Waals surface area contributed by atoms with E-state index in [2.05, 4.69) is 5.32 Å². The summed E-state index contributed by atoms with van der Waals surface area (Å²) in [6, 6.07) is 6.52. The van der Waals surface area contributed by atoms with E-state index in [4.69, 9.17) is 21.4 Å². The molecule has 2 N–H and O–H groups in total. The minimum atomic E-state index is -0.986. The van der Waals surface area contributed by atoms with Gasteiger partial charge in [0, 0.05) is 18.6 Å². The average Bonchev–Trinajstić information content (AvgIpc) is 2.49. The second-order valence-electron chi connectivity index (χ2n) is 4.48. The van der Waals surface area contributed by atoms with Crippen molar-refractivity contribution < 1.29 is 24.2 Å². The lowest BCUT2D eigenvalue weighted by atomic mass is 10.3. The first kappa shape index (κ1) is 17.8. The lowest BCUT2D eigenvalue weighted by molar-refractivity contribution is -0.138. The van der Waals surface area contributed by atoms with E-state index >= 15 is 0 Å². The number of ether oxygens (including phenoxy) is 1. The molecule has 1 aromatic carbocycles. The topological polar surface area (TPSA) is 95.9 Å². The quantitative estimate of drug-likeness (QED) is 0.734. The summed E-state index contributed by atoms with van der Waals surface area (Å²) < 4.78 is 5.22. The van der Waals surface area contributed by atoms with Gasteiger partial charge in [0.05, 0.1) is 13.0 Å². The fraction of sp³-hybridized carbons (Fsp3) is 0.357. The monoisotopic (exact) mass is 328 g/mol. The van der Waals surface area contributed by atoms with Gasteiger partial charge in [0.1, 0.15) is 5.75 Å². The summed E-state index contributed by atoms with van der Waals surface area (Å²) in [6.07, 6.45) is -0.143. The number of carboxylic acid groups (broad SMARTS) is 1. The van der Waals surface area contributed by atoms with E-state index in [0.717, 1.165) is 0 Å². The Balaban J connectivity index is 2.26. The van der Waals surface area contributed by atoms with Gasteiger partial charge in [0.25, 0.3) is 5.91 Å². The summed E-state index contributed by atoms with van der Waals surface area (Å²) in [5, 5.41) is 11.5. The molecule has 0 radical (unpaired) electrons. The van der Waals surface area contributed by atoms with Gasteiger partial charge >= 0.3 is 5.97 Å². The van der Waals surface area contributed by atoms with Crippen molar-refractivity contribution in [1.82, 2.24) is 10.2 Å². The summed E-state index contributed by atoms with van der Waals surface area (Å²) in [6.45, 7) is -0.349. The van der Waals surface area contributed by atoms with E-state index in [1.165, 1.54) is 11.9 Å². The number of carboxylic acids is 1. The van der Waals surface area contributed by atoms with E-state index < -0.39 is 11.9 Å². The van der Waals surface area contributed by atoms with E-state index in [-0.39, 0.29) is 32.0 Å². The molecule has 0 spiro atoms. The highest BCUT2D eigenvalue weighted by molar-refractivity contribution is 6.30. The molecular weight excluding hydrogens is 312 g/mol. The van der Waals surface area contributed by atoms with Crippen molar-refractivity contribution in [2.45, 2.75) is 6.42 Å². The summed E-state index contributed by atoms with van der Waals surface area (Å²) in [5.41, 5.74) is 0. The third-order valence-corrected chi connectivity index (χ3v) is 2.96. The Bertz CT molecular complexity index is 533. The third kappa shape index (κ3) is 6.94. The Kier molecular flexibility index (Phi) is 7.18. The van der Waals surface area contributed by atoms with E-state index in [9.17, 15) is 14.4 Å². The van der Waals surface area contributed by atoms with Gasteiger partial charge in [-0.25, -0.2) is 0 Å². The molecule has 8 heteroatoms. The van der Waals surface area contributed by atoms with Crippen LogP contribution in [0.2, 0.25) is 5.02 Å². The number of benzene rings is 1. The van der Waals surface area contributed by atoms with Gasteiger partial charge in [-0.3, -0.25) is 14.4 Å². The molecule has 0 aliphatic rings. The predicted molar refractivity (Wildman–Crippen MR) is 79.8 cm³/mol. The van der Waals surface area contributed by atoms with Crippen LogP contribution in [0.15, 0.2) is 24.3 Å². The number of carbonyl (C=O) groups excluding carboxylic acids is 2. The van der Waals surface area contributed by atoms with Crippen LogP contribution in [0.4, 0.5) is 0 Å². The molecule has 0 atom stereocenters. The number of rotatable bonds is 8. The van der Waals surface area contributed by atoms with Crippen molar-refractivity contribution in [3.63, 3.8) is 0 Å². The zero-order chi connectivity index (χ0) is 16.5. The van der Waals surface area contributed by atoms with Gasteiger partial charge in [-0.1, -0.05) is 11.6 Å². The molecule has 1 aromatic rings. The first-order valence-electron chi connectivity index (χ1n) is 6.49. The van der Waals surface area contributed by atoms with Crippen molar-refractivity contribution in [3.8, 4) is 5.75 Å². The molecule has 0 fully saturated rings. The van der Waals surface area contributed by atoms with E-state index in [0.29, 0.717) is 10.8 Å². The lowest BCUT2D eigenvalue weighted by Gasteiger charge is -2.16. The normalized spacial score (nSPS) is 9.91. The summed E-state index contributed by atoms with van der Waals surface area (Å²) in [4.78, 5) is 34.8. The van der Waals surface area contributed by atoms with Gasteiger partial charge in [0.15, 0.2) is 6.61 Å².